The second-order valence-electron chi connectivity index (χ2n) is 7.56. The first-order valence-corrected chi connectivity index (χ1v) is 8.58. The maximum absolute atomic E-state index is 10.4. The fourth-order valence-corrected chi connectivity index (χ4v) is 3.55. The van der Waals surface area contributed by atoms with Gasteiger partial charge in [-0.2, -0.15) is 0 Å². The molecule has 2 aliphatic carbocycles. The zero-order chi connectivity index (χ0) is 16.9. The molecule has 0 spiro atoms. The Labute approximate surface area is 141 Å². The van der Waals surface area contributed by atoms with Crippen LogP contribution in [0.2, 0.25) is 0 Å². The van der Waals surface area contributed by atoms with E-state index in [0.29, 0.717) is 17.4 Å². The third-order valence-electron chi connectivity index (χ3n) is 5.03. The lowest BCUT2D eigenvalue weighted by atomic mass is 9.77. The number of aromatic hydroxyl groups is 1. The molecule has 0 unspecified atom stereocenters. The summed E-state index contributed by atoms with van der Waals surface area (Å²) in [6.45, 7) is 3.82. The van der Waals surface area contributed by atoms with E-state index in [1.165, 1.54) is 18.4 Å². The average molecular weight is 325 g/mol. The Hall–Kier alpha value is -2.14. The van der Waals surface area contributed by atoms with Crippen LogP contribution in [0.4, 0.5) is 5.82 Å². The standard InChI is InChI=1S/C19H23N3O2/c1-11-7-17(20-14-9-19(2,24)10-14)21-22-18(11)15-6-5-13(8-16(15)23)12-3-4-12/h5-8,12,14,23-24H,3-4,9-10H2,1-2H3,(H,20,21)/t14-,19+. The highest BCUT2D eigenvalue weighted by molar-refractivity contribution is 5.70. The molecule has 0 saturated heterocycles. The van der Waals surface area contributed by atoms with E-state index < -0.39 is 5.60 Å². The zero-order valence-electron chi connectivity index (χ0n) is 14.1. The van der Waals surface area contributed by atoms with E-state index in [4.69, 9.17) is 0 Å². The van der Waals surface area contributed by atoms with Gasteiger partial charge in [-0.3, -0.25) is 0 Å². The Bertz CT molecular complexity index is 776. The molecular formula is C19H23N3O2. The molecular weight excluding hydrogens is 302 g/mol. The Balaban J connectivity index is 1.53. The van der Waals surface area contributed by atoms with Gasteiger partial charge in [-0.15, -0.1) is 10.2 Å². The highest BCUT2D eigenvalue weighted by Gasteiger charge is 2.38. The summed E-state index contributed by atoms with van der Waals surface area (Å²) in [5.74, 6) is 1.60. The van der Waals surface area contributed by atoms with Crippen molar-refractivity contribution in [3.05, 3.63) is 35.4 Å². The Morgan fingerprint density at radius 2 is 1.92 bits per heavy atom. The molecule has 2 aliphatic rings. The highest BCUT2D eigenvalue weighted by Crippen LogP contribution is 2.43. The van der Waals surface area contributed by atoms with Crippen molar-refractivity contribution in [2.24, 2.45) is 0 Å². The van der Waals surface area contributed by atoms with Gasteiger partial charge in [0.2, 0.25) is 0 Å². The first-order chi connectivity index (χ1) is 11.4. The maximum Gasteiger partial charge on any atom is 0.149 e. The van der Waals surface area contributed by atoms with Crippen LogP contribution in [0.5, 0.6) is 5.75 Å². The van der Waals surface area contributed by atoms with Gasteiger partial charge in [0.15, 0.2) is 0 Å². The van der Waals surface area contributed by atoms with Gasteiger partial charge >= 0.3 is 0 Å². The number of phenolic OH excluding ortho intramolecular Hbond substituents is 1. The quantitative estimate of drug-likeness (QED) is 0.803. The molecule has 0 aliphatic heterocycles. The van der Waals surface area contributed by atoms with Crippen molar-refractivity contribution in [3.63, 3.8) is 0 Å². The number of aryl methyl sites for hydroxylation is 1. The molecule has 0 amide bonds. The summed E-state index contributed by atoms with van der Waals surface area (Å²) in [5, 5.41) is 32.0. The first-order valence-electron chi connectivity index (χ1n) is 8.58. The zero-order valence-corrected chi connectivity index (χ0v) is 14.1. The fourth-order valence-electron chi connectivity index (χ4n) is 3.55. The monoisotopic (exact) mass is 325 g/mol. The number of benzene rings is 1. The first kappa shape index (κ1) is 15.4. The summed E-state index contributed by atoms with van der Waals surface area (Å²) in [6.07, 6.45) is 3.87. The van der Waals surface area contributed by atoms with Crippen LogP contribution < -0.4 is 5.32 Å². The third-order valence-corrected chi connectivity index (χ3v) is 5.03. The molecule has 1 aromatic carbocycles. The van der Waals surface area contributed by atoms with E-state index in [-0.39, 0.29) is 11.8 Å². The van der Waals surface area contributed by atoms with Crippen molar-refractivity contribution >= 4 is 5.82 Å². The van der Waals surface area contributed by atoms with Crippen molar-refractivity contribution in [1.29, 1.82) is 0 Å². The van der Waals surface area contributed by atoms with E-state index in [9.17, 15) is 10.2 Å². The predicted molar refractivity (Wildman–Crippen MR) is 93.1 cm³/mol. The summed E-state index contributed by atoms with van der Waals surface area (Å²) in [5.41, 5.74) is 3.05. The van der Waals surface area contributed by atoms with E-state index in [0.717, 1.165) is 24.0 Å². The Morgan fingerprint density at radius 1 is 1.17 bits per heavy atom. The number of anilines is 1. The summed E-state index contributed by atoms with van der Waals surface area (Å²) < 4.78 is 0. The van der Waals surface area contributed by atoms with Crippen LogP contribution in [-0.2, 0) is 0 Å². The highest BCUT2D eigenvalue weighted by atomic mass is 16.3. The van der Waals surface area contributed by atoms with Crippen LogP contribution >= 0.6 is 0 Å². The molecule has 1 aromatic heterocycles. The van der Waals surface area contributed by atoms with E-state index in [1.54, 1.807) is 0 Å². The number of rotatable bonds is 4. The molecule has 3 N–H and O–H groups in total. The SMILES string of the molecule is Cc1cc(N[C@H]2C[C@@](C)(O)C2)nnc1-c1ccc(C2CC2)cc1O. The lowest BCUT2D eigenvalue weighted by Gasteiger charge is -2.41. The minimum absolute atomic E-state index is 0.241. The minimum Gasteiger partial charge on any atom is -0.507 e. The number of nitrogens with zero attached hydrogens (tertiary/aromatic N) is 2. The number of phenols is 1. The van der Waals surface area contributed by atoms with Crippen molar-refractivity contribution in [1.82, 2.24) is 10.2 Å². The van der Waals surface area contributed by atoms with Gasteiger partial charge in [-0.05, 0) is 74.8 Å². The fraction of sp³-hybridized carbons (Fsp3) is 0.474. The number of aromatic nitrogens is 2. The summed E-state index contributed by atoms with van der Waals surface area (Å²) in [4.78, 5) is 0. The van der Waals surface area contributed by atoms with Crippen molar-refractivity contribution < 1.29 is 10.2 Å². The van der Waals surface area contributed by atoms with Crippen molar-refractivity contribution in [2.45, 2.75) is 57.1 Å². The minimum atomic E-state index is -0.560. The largest absolute Gasteiger partial charge is 0.507 e. The Morgan fingerprint density at radius 3 is 2.50 bits per heavy atom. The second kappa shape index (κ2) is 5.45. The molecule has 1 heterocycles. The van der Waals surface area contributed by atoms with Gasteiger partial charge in [0.05, 0.1) is 11.3 Å². The molecule has 2 aromatic rings. The van der Waals surface area contributed by atoms with Gasteiger partial charge < -0.3 is 15.5 Å². The lowest BCUT2D eigenvalue weighted by molar-refractivity contribution is -0.0235. The summed E-state index contributed by atoms with van der Waals surface area (Å²) in [6, 6.07) is 8.07. The molecule has 4 rings (SSSR count). The van der Waals surface area contributed by atoms with Crippen LogP contribution in [0.3, 0.4) is 0 Å². The van der Waals surface area contributed by atoms with E-state index in [2.05, 4.69) is 21.6 Å². The van der Waals surface area contributed by atoms with Crippen LogP contribution in [0.1, 0.15) is 49.7 Å². The van der Waals surface area contributed by atoms with E-state index >= 15 is 0 Å². The van der Waals surface area contributed by atoms with E-state index in [1.807, 2.05) is 32.0 Å². The topological polar surface area (TPSA) is 78.3 Å². The van der Waals surface area contributed by atoms with Gasteiger partial charge in [0, 0.05) is 11.6 Å². The van der Waals surface area contributed by atoms with Crippen molar-refractivity contribution in [2.75, 3.05) is 5.32 Å². The number of hydrogen-bond acceptors (Lipinski definition) is 5. The number of hydrogen-bond donors (Lipinski definition) is 3. The molecule has 24 heavy (non-hydrogen) atoms. The van der Waals surface area contributed by atoms with Crippen LogP contribution in [0.15, 0.2) is 24.3 Å². The van der Waals surface area contributed by atoms with Gasteiger partial charge in [0.25, 0.3) is 0 Å². The molecule has 5 heteroatoms. The molecule has 2 saturated carbocycles. The van der Waals surface area contributed by atoms with Gasteiger partial charge in [-0.25, -0.2) is 0 Å². The summed E-state index contributed by atoms with van der Waals surface area (Å²) in [7, 11) is 0. The van der Waals surface area contributed by atoms with Crippen LogP contribution in [0.25, 0.3) is 11.3 Å². The molecule has 0 atom stereocenters. The number of nitrogens with one attached hydrogen (secondary N) is 1. The molecule has 5 nitrogen and oxygen atoms in total. The van der Waals surface area contributed by atoms with Gasteiger partial charge in [0.1, 0.15) is 11.6 Å². The van der Waals surface area contributed by atoms with Crippen molar-refractivity contribution in [3.8, 4) is 17.0 Å². The molecule has 126 valence electrons. The predicted octanol–water partition coefficient (Wildman–Crippen LogP) is 3.36. The van der Waals surface area contributed by atoms with Crippen LogP contribution in [0, 0.1) is 6.92 Å². The Kier molecular flexibility index (Phi) is 3.49. The maximum atomic E-state index is 10.4. The smallest absolute Gasteiger partial charge is 0.149 e. The average Bonchev–Trinajstić information content (AvgIpc) is 3.31. The molecule has 0 bridgehead atoms. The number of aliphatic hydroxyl groups is 1. The second-order valence-corrected chi connectivity index (χ2v) is 7.56. The van der Waals surface area contributed by atoms with Crippen LogP contribution in [-0.4, -0.2) is 32.1 Å². The molecule has 0 radical (unpaired) electrons. The van der Waals surface area contributed by atoms with Gasteiger partial charge in [-0.1, -0.05) is 6.07 Å². The third kappa shape index (κ3) is 2.96. The lowest BCUT2D eigenvalue weighted by Crippen LogP contribution is -2.48. The summed E-state index contributed by atoms with van der Waals surface area (Å²) >= 11 is 0. The normalized spacial score (nSPS) is 26.0. The molecule has 2 fully saturated rings.